The predicted octanol–water partition coefficient (Wildman–Crippen LogP) is 4.85. The zero-order chi connectivity index (χ0) is 24.6. The molecule has 194 valence electrons. The van der Waals surface area contributed by atoms with Gasteiger partial charge in [0.15, 0.2) is 0 Å². The Labute approximate surface area is 219 Å². The molecule has 2 aromatic rings. The van der Waals surface area contributed by atoms with E-state index in [1.165, 1.54) is 25.7 Å². The van der Waals surface area contributed by atoms with Gasteiger partial charge in [0.1, 0.15) is 18.2 Å². The molecular weight excluding hydrogens is 478 g/mol. The van der Waals surface area contributed by atoms with Crippen molar-refractivity contribution in [3.8, 4) is 16.9 Å². The third kappa shape index (κ3) is 7.72. The van der Waals surface area contributed by atoms with Crippen molar-refractivity contribution in [3.63, 3.8) is 0 Å². The monoisotopic (exact) mass is 513 g/mol. The first-order valence-corrected chi connectivity index (χ1v) is 12.6. The normalized spacial score (nSPS) is 20.1. The van der Waals surface area contributed by atoms with E-state index in [1.807, 2.05) is 48.5 Å². The van der Waals surface area contributed by atoms with E-state index in [-0.39, 0.29) is 48.5 Å². The van der Waals surface area contributed by atoms with E-state index in [0.29, 0.717) is 31.1 Å². The quantitative estimate of drug-likeness (QED) is 0.192. The molecule has 2 aliphatic rings. The average molecular weight is 514 g/mol. The fourth-order valence-electron chi connectivity index (χ4n) is 4.90. The number of carbonyl (C=O) groups excluding carboxylic acids is 2. The molecule has 1 heterocycles. The number of hydrogen-bond acceptors (Lipinski definition) is 5. The summed E-state index contributed by atoms with van der Waals surface area (Å²) >= 11 is 0. The van der Waals surface area contributed by atoms with Crippen LogP contribution < -0.4 is 15.8 Å². The highest BCUT2D eigenvalue weighted by molar-refractivity contribution is 5.95. The third-order valence-electron chi connectivity index (χ3n) is 6.99. The van der Waals surface area contributed by atoms with Crippen LogP contribution in [0.4, 0.5) is 0 Å². The molecule has 0 bridgehead atoms. The first-order chi connectivity index (χ1) is 17.0. The molecule has 4 N–H and O–H groups in total. The van der Waals surface area contributed by atoms with E-state index in [4.69, 9.17) is 20.6 Å². The number of ether oxygens (including phenoxy) is 2. The van der Waals surface area contributed by atoms with Crippen molar-refractivity contribution < 1.29 is 19.1 Å². The van der Waals surface area contributed by atoms with Crippen LogP contribution in [-0.2, 0) is 14.3 Å². The predicted molar refractivity (Wildman–Crippen MR) is 142 cm³/mol. The lowest BCUT2D eigenvalue weighted by atomic mass is 10.0. The van der Waals surface area contributed by atoms with Gasteiger partial charge in [0.2, 0.25) is 5.91 Å². The molecule has 7 nitrogen and oxygen atoms in total. The first kappa shape index (κ1) is 27.5. The van der Waals surface area contributed by atoms with Gasteiger partial charge < -0.3 is 20.5 Å². The van der Waals surface area contributed by atoms with Crippen LogP contribution in [0.2, 0.25) is 0 Å². The van der Waals surface area contributed by atoms with Crippen LogP contribution >= 0.6 is 12.4 Å². The van der Waals surface area contributed by atoms with Gasteiger partial charge in [-0.15, -0.1) is 12.4 Å². The Balaban J connectivity index is 0.00000361. The molecule has 8 heteroatoms. The molecule has 2 atom stereocenters. The molecule has 2 fully saturated rings. The summed E-state index contributed by atoms with van der Waals surface area (Å²) in [5.74, 6) is 0.497. The molecule has 1 aliphatic carbocycles. The Morgan fingerprint density at radius 1 is 0.944 bits per heavy atom. The highest BCUT2D eigenvalue weighted by Gasteiger charge is 2.34. The Morgan fingerprint density at radius 3 is 2.17 bits per heavy atom. The minimum Gasteiger partial charge on any atom is -0.491 e. The molecule has 4 rings (SSSR count). The van der Waals surface area contributed by atoms with Crippen LogP contribution in [0.3, 0.4) is 0 Å². The van der Waals surface area contributed by atoms with Crippen LogP contribution in [0.25, 0.3) is 11.1 Å². The summed E-state index contributed by atoms with van der Waals surface area (Å²) in [5, 5.41) is 10.4. The van der Waals surface area contributed by atoms with Gasteiger partial charge in [0, 0.05) is 5.56 Å². The minimum absolute atomic E-state index is 0. The summed E-state index contributed by atoms with van der Waals surface area (Å²) in [5.41, 5.74) is 8.26. The molecular formula is C28H36ClN3O4. The van der Waals surface area contributed by atoms with Gasteiger partial charge in [-0.1, -0.05) is 62.1 Å². The zero-order valence-electron chi connectivity index (χ0n) is 20.5. The molecule has 0 radical (unpaired) electrons. The molecule has 0 aromatic heterocycles. The molecule has 1 saturated carbocycles. The summed E-state index contributed by atoms with van der Waals surface area (Å²) in [6, 6.07) is 15.1. The Bertz CT molecular complexity index is 1020. The highest BCUT2D eigenvalue weighted by atomic mass is 35.5. The Kier molecular flexibility index (Phi) is 10.2. The molecule has 0 spiro atoms. The second-order valence-corrected chi connectivity index (χ2v) is 9.71. The van der Waals surface area contributed by atoms with Gasteiger partial charge in [-0.05, 0) is 48.4 Å². The number of nitrogens with two attached hydrogens (primary N) is 1. The van der Waals surface area contributed by atoms with Gasteiger partial charge in [-0.3, -0.25) is 15.0 Å². The lowest BCUT2D eigenvalue weighted by molar-refractivity contribution is -0.147. The number of nitrogen functional groups attached to an aromatic ring is 1. The van der Waals surface area contributed by atoms with Crippen molar-refractivity contribution >= 4 is 30.1 Å². The summed E-state index contributed by atoms with van der Waals surface area (Å²) < 4.78 is 11.4. The summed E-state index contributed by atoms with van der Waals surface area (Å²) in [4.78, 5) is 24.7. The van der Waals surface area contributed by atoms with E-state index in [0.717, 1.165) is 29.7 Å². The number of rotatable bonds is 9. The second-order valence-electron chi connectivity index (χ2n) is 9.71. The van der Waals surface area contributed by atoms with Crippen LogP contribution in [0.15, 0.2) is 48.5 Å². The van der Waals surface area contributed by atoms with Crippen molar-refractivity contribution in [2.75, 3.05) is 13.2 Å². The number of amides is 1. The van der Waals surface area contributed by atoms with E-state index >= 15 is 0 Å². The number of nitrogens with one attached hydrogen (secondary N) is 2. The number of benzene rings is 2. The lowest BCUT2D eigenvalue weighted by Crippen LogP contribution is -2.31. The van der Waals surface area contributed by atoms with Crippen molar-refractivity contribution in [2.24, 2.45) is 17.6 Å². The zero-order valence-corrected chi connectivity index (χ0v) is 21.4. The van der Waals surface area contributed by atoms with Gasteiger partial charge >= 0.3 is 5.97 Å². The first-order valence-electron chi connectivity index (χ1n) is 12.6. The van der Waals surface area contributed by atoms with E-state index in [1.54, 1.807) is 0 Å². The van der Waals surface area contributed by atoms with Crippen molar-refractivity contribution in [3.05, 3.63) is 54.1 Å². The van der Waals surface area contributed by atoms with E-state index in [2.05, 4.69) is 5.32 Å². The second kappa shape index (κ2) is 13.3. The lowest BCUT2D eigenvalue weighted by Gasteiger charge is -2.15. The average Bonchev–Trinajstić information content (AvgIpc) is 3.04. The topological polar surface area (TPSA) is 115 Å². The maximum absolute atomic E-state index is 12.4. The molecule has 1 aliphatic heterocycles. The maximum Gasteiger partial charge on any atom is 0.306 e. The van der Waals surface area contributed by atoms with Crippen molar-refractivity contribution in [1.29, 1.82) is 5.41 Å². The van der Waals surface area contributed by atoms with E-state index < -0.39 is 0 Å². The largest absolute Gasteiger partial charge is 0.491 e. The Hall–Kier alpha value is -3.06. The molecule has 0 unspecified atom stereocenters. The van der Waals surface area contributed by atoms with Crippen LogP contribution in [0, 0.1) is 17.2 Å². The fraction of sp³-hybridized carbons (Fsp3) is 0.464. The van der Waals surface area contributed by atoms with Gasteiger partial charge in [0.25, 0.3) is 0 Å². The number of carbonyl (C=O) groups is 2. The van der Waals surface area contributed by atoms with E-state index in [9.17, 15) is 9.59 Å². The molecule has 36 heavy (non-hydrogen) atoms. The third-order valence-corrected chi connectivity index (χ3v) is 6.99. The highest BCUT2D eigenvalue weighted by Crippen LogP contribution is 2.26. The smallest absolute Gasteiger partial charge is 0.306 e. The standard InChI is InChI=1S/C28H35N3O4.ClH/c29-27(30)22-9-7-20(8-10-22)21-11-13-25(14-12-21)34-18-24-15-23(28(33)31-24)16-26(32)35-17-19-5-3-1-2-4-6-19;/h7-14,19,23-24H,1-6,15-18H2,(H3,29,30)(H,31,33);1H/t23-,24-;/m0./s1. The number of hydrogen-bond donors (Lipinski definition) is 3. The van der Waals surface area contributed by atoms with Crippen molar-refractivity contribution in [1.82, 2.24) is 5.32 Å². The summed E-state index contributed by atoms with van der Waals surface area (Å²) in [6.45, 7) is 0.836. The number of amidine groups is 1. The van der Waals surface area contributed by atoms with Gasteiger partial charge in [0.05, 0.1) is 25.0 Å². The SMILES string of the molecule is Cl.N=C(N)c1ccc(-c2ccc(OC[C@@H]3C[C@@H](CC(=O)OCC4CCCCCC4)C(=O)N3)cc2)cc1. The molecule has 1 saturated heterocycles. The van der Waals surface area contributed by atoms with Gasteiger partial charge in [-0.2, -0.15) is 0 Å². The van der Waals surface area contributed by atoms with Gasteiger partial charge in [-0.25, -0.2) is 0 Å². The summed E-state index contributed by atoms with van der Waals surface area (Å²) in [7, 11) is 0. The minimum atomic E-state index is -0.356. The maximum atomic E-state index is 12.4. The van der Waals surface area contributed by atoms with Crippen LogP contribution in [-0.4, -0.2) is 37.0 Å². The van der Waals surface area contributed by atoms with Crippen LogP contribution in [0.1, 0.15) is 56.9 Å². The number of halogens is 1. The molecule has 1 amide bonds. The number of esters is 1. The van der Waals surface area contributed by atoms with Crippen molar-refractivity contribution in [2.45, 2.75) is 57.4 Å². The van der Waals surface area contributed by atoms with Crippen LogP contribution in [0.5, 0.6) is 5.75 Å². The fourth-order valence-corrected chi connectivity index (χ4v) is 4.90. The summed E-state index contributed by atoms with van der Waals surface area (Å²) in [6.07, 6.45) is 7.93. The molecule has 2 aromatic carbocycles. The Morgan fingerprint density at radius 2 is 1.56 bits per heavy atom.